The van der Waals surface area contributed by atoms with Crippen molar-refractivity contribution in [1.82, 2.24) is 19.5 Å². The van der Waals surface area contributed by atoms with Crippen LogP contribution in [0.1, 0.15) is 22.3 Å². The Bertz CT molecular complexity index is 2310. The Labute approximate surface area is 267 Å². The number of benzene rings is 6. The SMILES string of the molecule is c1ccc(-c2ccccc2-c2ccc3c(c2)C(c2ccccc2)(c2ccccc2)c2cccc4nc(-c5cncnc5)n-3c24)cc1. The molecule has 6 aromatic carbocycles. The molecule has 0 aliphatic carbocycles. The molecule has 0 unspecified atom stereocenters. The summed E-state index contributed by atoms with van der Waals surface area (Å²) in [6.07, 6.45) is 5.25. The van der Waals surface area contributed by atoms with Crippen LogP contribution < -0.4 is 0 Å². The highest BCUT2D eigenvalue weighted by Gasteiger charge is 2.45. The van der Waals surface area contributed by atoms with Gasteiger partial charge in [0.2, 0.25) is 0 Å². The van der Waals surface area contributed by atoms with Crippen molar-refractivity contribution < 1.29 is 0 Å². The van der Waals surface area contributed by atoms with Gasteiger partial charge in [0, 0.05) is 12.4 Å². The van der Waals surface area contributed by atoms with Crippen molar-refractivity contribution in [2.75, 3.05) is 0 Å². The molecule has 46 heavy (non-hydrogen) atoms. The highest BCUT2D eigenvalue weighted by Crippen LogP contribution is 2.54. The van der Waals surface area contributed by atoms with Crippen molar-refractivity contribution in [3.63, 3.8) is 0 Å². The maximum atomic E-state index is 5.22. The number of hydrogen-bond donors (Lipinski definition) is 0. The second-order valence-corrected chi connectivity index (χ2v) is 11.7. The molecule has 0 saturated heterocycles. The minimum atomic E-state index is -0.602. The van der Waals surface area contributed by atoms with E-state index in [9.17, 15) is 0 Å². The van der Waals surface area contributed by atoms with Gasteiger partial charge in [0.15, 0.2) is 0 Å². The third kappa shape index (κ3) is 3.83. The molecule has 0 radical (unpaired) electrons. The molecule has 0 bridgehead atoms. The molecule has 0 spiro atoms. The second kappa shape index (κ2) is 10.5. The number of hydrogen-bond acceptors (Lipinski definition) is 3. The van der Waals surface area contributed by atoms with Crippen LogP contribution in [0, 0.1) is 0 Å². The smallest absolute Gasteiger partial charge is 0.148 e. The van der Waals surface area contributed by atoms with Crippen molar-refractivity contribution in [3.8, 4) is 39.3 Å². The Morgan fingerprint density at radius 1 is 0.478 bits per heavy atom. The van der Waals surface area contributed by atoms with Gasteiger partial charge in [-0.3, -0.25) is 4.57 Å². The number of aromatic nitrogens is 4. The van der Waals surface area contributed by atoms with Crippen LogP contribution in [0.4, 0.5) is 0 Å². The Kier molecular flexibility index (Phi) is 6.00. The third-order valence-electron chi connectivity index (χ3n) is 9.28. The average molecular weight is 589 g/mol. The molecule has 0 saturated carbocycles. The zero-order valence-corrected chi connectivity index (χ0v) is 25.0. The van der Waals surface area contributed by atoms with E-state index in [0.717, 1.165) is 33.7 Å². The minimum absolute atomic E-state index is 0.602. The molecule has 0 N–H and O–H groups in total. The average Bonchev–Trinajstić information content (AvgIpc) is 3.54. The summed E-state index contributed by atoms with van der Waals surface area (Å²) >= 11 is 0. The van der Waals surface area contributed by atoms with Gasteiger partial charge in [-0.1, -0.05) is 133 Å². The van der Waals surface area contributed by atoms with E-state index in [1.165, 1.54) is 38.9 Å². The molecule has 4 nitrogen and oxygen atoms in total. The summed E-state index contributed by atoms with van der Waals surface area (Å²) in [7, 11) is 0. The van der Waals surface area contributed by atoms with E-state index in [-0.39, 0.29) is 0 Å². The fourth-order valence-electron chi connectivity index (χ4n) is 7.39. The van der Waals surface area contributed by atoms with Crippen molar-refractivity contribution >= 4 is 11.0 Å². The minimum Gasteiger partial charge on any atom is -0.292 e. The predicted molar refractivity (Wildman–Crippen MR) is 185 cm³/mol. The van der Waals surface area contributed by atoms with Crippen molar-refractivity contribution in [1.29, 1.82) is 0 Å². The van der Waals surface area contributed by atoms with Crippen molar-refractivity contribution in [2.24, 2.45) is 0 Å². The Hall–Kier alpha value is -6.13. The molecule has 216 valence electrons. The van der Waals surface area contributed by atoms with E-state index < -0.39 is 5.41 Å². The lowest BCUT2D eigenvalue weighted by Gasteiger charge is -2.42. The maximum Gasteiger partial charge on any atom is 0.148 e. The summed E-state index contributed by atoms with van der Waals surface area (Å²) in [6.45, 7) is 0. The summed E-state index contributed by atoms with van der Waals surface area (Å²) in [4.78, 5) is 13.9. The van der Waals surface area contributed by atoms with E-state index in [4.69, 9.17) is 4.98 Å². The molecule has 8 aromatic rings. The van der Waals surface area contributed by atoms with Gasteiger partial charge in [-0.2, -0.15) is 0 Å². The van der Waals surface area contributed by atoms with E-state index >= 15 is 0 Å². The van der Waals surface area contributed by atoms with Crippen LogP contribution in [0.3, 0.4) is 0 Å². The molecular formula is C42H28N4. The van der Waals surface area contributed by atoms with Gasteiger partial charge in [-0.05, 0) is 62.7 Å². The van der Waals surface area contributed by atoms with Gasteiger partial charge in [0.25, 0.3) is 0 Å². The monoisotopic (exact) mass is 588 g/mol. The van der Waals surface area contributed by atoms with Crippen LogP contribution in [-0.4, -0.2) is 19.5 Å². The van der Waals surface area contributed by atoms with Gasteiger partial charge < -0.3 is 0 Å². The molecule has 0 fully saturated rings. The molecule has 9 rings (SSSR count). The lowest BCUT2D eigenvalue weighted by atomic mass is 9.63. The highest BCUT2D eigenvalue weighted by atomic mass is 15.1. The second-order valence-electron chi connectivity index (χ2n) is 11.7. The highest BCUT2D eigenvalue weighted by molar-refractivity contribution is 5.94. The first-order valence-electron chi connectivity index (χ1n) is 15.5. The number of para-hydroxylation sites is 1. The lowest BCUT2D eigenvalue weighted by molar-refractivity contribution is 0.726. The number of rotatable bonds is 5. The van der Waals surface area contributed by atoms with Crippen LogP contribution in [0.25, 0.3) is 50.4 Å². The van der Waals surface area contributed by atoms with E-state index in [1.807, 2.05) is 12.4 Å². The predicted octanol–water partition coefficient (Wildman–Crippen LogP) is 9.51. The summed E-state index contributed by atoms with van der Waals surface area (Å²) in [5.74, 6) is 0.830. The Balaban J connectivity index is 1.44. The molecule has 1 aliphatic rings. The molecule has 1 aliphatic heterocycles. The van der Waals surface area contributed by atoms with Crippen LogP contribution in [-0.2, 0) is 5.41 Å². The van der Waals surface area contributed by atoms with Crippen LogP contribution in [0.5, 0.6) is 0 Å². The zero-order chi connectivity index (χ0) is 30.5. The largest absolute Gasteiger partial charge is 0.292 e. The van der Waals surface area contributed by atoms with Gasteiger partial charge in [-0.15, -0.1) is 0 Å². The first-order chi connectivity index (χ1) is 22.8. The quantitative estimate of drug-likeness (QED) is 0.201. The van der Waals surface area contributed by atoms with Gasteiger partial charge in [0.1, 0.15) is 12.2 Å². The summed E-state index contributed by atoms with van der Waals surface area (Å²) < 4.78 is 2.32. The van der Waals surface area contributed by atoms with Gasteiger partial charge in [0.05, 0.1) is 27.7 Å². The maximum absolute atomic E-state index is 5.22. The summed E-state index contributed by atoms with van der Waals surface area (Å²) in [5.41, 5.74) is 13.0. The summed E-state index contributed by atoms with van der Waals surface area (Å²) in [5, 5.41) is 0. The number of fused-ring (bicyclic) bond motifs is 2. The lowest BCUT2D eigenvalue weighted by Crippen LogP contribution is -2.35. The number of imidazole rings is 1. The zero-order valence-electron chi connectivity index (χ0n) is 25.0. The third-order valence-corrected chi connectivity index (χ3v) is 9.28. The summed E-state index contributed by atoms with van der Waals surface area (Å²) in [6, 6.07) is 54.6. The Morgan fingerprint density at radius 2 is 1.09 bits per heavy atom. The standard InChI is InChI=1S/C42H28N4/c1-4-13-29(14-5-1)34-19-10-11-20-35(34)30-23-24-39-37(25-30)42(32-15-6-2-7-16-32,33-17-8-3-9-18-33)36-21-12-22-38-40(36)46(39)41(45-38)31-26-43-28-44-27-31/h1-28H. The molecule has 3 heterocycles. The molecule has 2 aromatic heterocycles. The van der Waals surface area contributed by atoms with Crippen LogP contribution in [0.2, 0.25) is 0 Å². The molecule has 4 heteroatoms. The fourth-order valence-corrected chi connectivity index (χ4v) is 7.39. The normalized spacial score (nSPS) is 13.0. The Morgan fingerprint density at radius 3 is 1.76 bits per heavy atom. The van der Waals surface area contributed by atoms with Crippen LogP contribution >= 0.6 is 0 Å². The van der Waals surface area contributed by atoms with Gasteiger partial charge in [-0.25, -0.2) is 15.0 Å². The van der Waals surface area contributed by atoms with Crippen molar-refractivity contribution in [3.05, 3.63) is 193 Å². The van der Waals surface area contributed by atoms with E-state index in [2.05, 4.69) is 166 Å². The first-order valence-corrected chi connectivity index (χ1v) is 15.5. The van der Waals surface area contributed by atoms with E-state index in [1.54, 1.807) is 6.33 Å². The topological polar surface area (TPSA) is 43.6 Å². The molecular weight excluding hydrogens is 560 g/mol. The molecule has 0 amide bonds. The fraction of sp³-hybridized carbons (Fsp3) is 0.0238. The van der Waals surface area contributed by atoms with Crippen molar-refractivity contribution in [2.45, 2.75) is 5.41 Å². The van der Waals surface area contributed by atoms with Crippen LogP contribution in [0.15, 0.2) is 170 Å². The number of nitrogens with zero attached hydrogens (tertiary/aromatic N) is 4. The van der Waals surface area contributed by atoms with E-state index in [0.29, 0.717) is 0 Å². The molecule has 0 atom stereocenters. The van der Waals surface area contributed by atoms with Gasteiger partial charge >= 0.3 is 0 Å². The first kappa shape index (κ1) is 26.3.